The van der Waals surface area contributed by atoms with E-state index in [4.69, 9.17) is 25.8 Å². The first kappa shape index (κ1) is 18.5. The number of hydrogen-bond acceptors (Lipinski definition) is 5. The Hall–Kier alpha value is -2.80. The van der Waals surface area contributed by atoms with Crippen molar-refractivity contribution in [3.8, 4) is 11.5 Å². The van der Waals surface area contributed by atoms with E-state index < -0.39 is 24.3 Å². The Morgan fingerprint density at radius 1 is 1.12 bits per heavy atom. The van der Waals surface area contributed by atoms with Crippen LogP contribution in [0, 0.1) is 5.82 Å². The van der Waals surface area contributed by atoms with Gasteiger partial charge in [-0.05, 0) is 30.3 Å². The molecular formula is C17H15ClFNO5. The first-order valence-corrected chi connectivity index (χ1v) is 7.47. The topological polar surface area (TPSA) is 73.9 Å². The van der Waals surface area contributed by atoms with Gasteiger partial charge in [0.25, 0.3) is 5.91 Å². The molecular weight excluding hydrogens is 353 g/mol. The van der Waals surface area contributed by atoms with Gasteiger partial charge < -0.3 is 19.5 Å². The summed E-state index contributed by atoms with van der Waals surface area (Å²) in [6, 6.07) is 8.49. The van der Waals surface area contributed by atoms with E-state index in [0.717, 1.165) is 6.07 Å². The number of nitrogens with one attached hydrogen (secondary N) is 1. The average Bonchev–Trinajstić information content (AvgIpc) is 2.62. The number of ether oxygens (including phenoxy) is 3. The van der Waals surface area contributed by atoms with Gasteiger partial charge in [-0.15, -0.1) is 0 Å². The summed E-state index contributed by atoms with van der Waals surface area (Å²) in [7, 11) is 2.80. The van der Waals surface area contributed by atoms with Crippen LogP contribution in [0.4, 0.5) is 10.1 Å². The number of benzene rings is 2. The number of carbonyl (C=O) groups is 2. The Bertz CT molecular complexity index is 774. The molecule has 0 aliphatic carbocycles. The largest absolute Gasteiger partial charge is 0.496 e. The van der Waals surface area contributed by atoms with Crippen molar-refractivity contribution in [3.63, 3.8) is 0 Å². The molecule has 0 fully saturated rings. The molecule has 1 amide bonds. The third kappa shape index (κ3) is 4.60. The summed E-state index contributed by atoms with van der Waals surface area (Å²) in [6.45, 7) is -0.547. The second kappa shape index (κ2) is 8.34. The Morgan fingerprint density at radius 2 is 1.76 bits per heavy atom. The summed E-state index contributed by atoms with van der Waals surface area (Å²) in [6.07, 6.45) is 0. The minimum Gasteiger partial charge on any atom is -0.496 e. The van der Waals surface area contributed by atoms with Crippen LogP contribution in [0.25, 0.3) is 0 Å². The van der Waals surface area contributed by atoms with E-state index in [0.29, 0.717) is 0 Å². The first-order valence-electron chi connectivity index (χ1n) is 7.09. The highest BCUT2D eigenvalue weighted by Crippen LogP contribution is 2.28. The molecule has 0 unspecified atom stereocenters. The second-order valence-electron chi connectivity index (χ2n) is 4.79. The van der Waals surface area contributed by atoms with Crippen LogP contribution in [-0.4, -0.2) is 32.7 Å². The molecule has 2 aromatic rings. The summed E-state index contributed by atoms with van der Waals surface area (Å²) in [5.74, 6) is -1.47. The Morgan fingerprint density at radius 3 is 2.32 bits per heavy atom. The number of halogens is 2. The lowest BCUT2D eigenvalue weighted by molar-refractivity contribution is -0.119. The molecule has 0 atom stereocenters. The Balaban J connectivity index is 2.02. The fourth-order valence-corrected chi connectivity index (χ4v) is 2.21. The molecule has 0 spiro atoms. The van der Waals surface area contributed by atoms with Crippen molar-refractivity contribution >= 4 is 29.2 Å². The van der Waals surface area contributed by atoms with Crippen LogP contribution in [-0.2, 0) is 9.53 Å². The van der Waals surface area contributed by atoms with Crippen molar-refractivity contribution in [2.24, 2.45) is 0 Å². The van der Waals surface area contributed by atoms with Crippen LogP contribution < -0.4 is 14.8 Å². The number of hydrogen-bond donors (Lipinski definition) is 1. The fourth-order valence-electron chi connectivity index (χ4n) is 2.03. The second-order valence-corrected chi connectivity index (χ2v) is 5.20. The average molecular weight is 368 g/mol. The van der Waals surface area contributed by atoms with Gasteiger partial charge in [-0.1, -0.05) is 17.7 Å². The van der Waals surface area contributed by atoms with Crippen LogP contribution in [0.5, 0.6) is 11.5 Å². The van der Waals surface area contributed by atoms with Gasteiger partial charge in [0.15, 0.2) is 6.61 Å². The van der Waals surface area contributed by atoms with Gasteiger partial charge in [0.1, 0.15) is 22.9 Å². The number of anilines is 1. The van der Waals surface area contributed by atoms with Crippen LogP contribution in [0.1, 0.15) is 10.4 Å². The number of amides is 1. The van der Waals surface area contributed by atoms with E-state index in [-0.39, 0.29) is 27.8 Å². The van der Waals surface area contributed by atoms with Gasteiger partial charge in [0, 0.05) is 5.69 Å². The third-order valence-corrected chi connectivity index (χ3v) is 3.46. The van der Waals surface area contributed by atoms with Gasteiger partial charge in [-0.25, -0.2) is 9.18 Å². The lowest BCUT2D eigenvalue weighted by Crippen LogP contribution is -2.21. The summed E-state index contributed by atoms with van der Waals surface area (Å²) < 4.78 is 28.3. The number of carbonyl (C=O) groups excluding carboxylic acids is 2. The molecule has 0 aromatic heterocycles. The Labute approximate surface area is 148 Å². The maximum atomic E-state index is 13.1. The van der Waals surface area contributed by atoms with E-state index in [1.807, 2.05) is 0 Å². The fraction of sp³-hybridized carbons (Fsp3) is 0.176. The molecule has 0 radical (unpaired) electrons. The van der Waals surface area contributed by atoms with E-state index in [1.54, 1.807) is 18.2 Å². The molecule has 0 saturated carbocycles. The van der Waals surface area contributed by atoms with Gasteiger partial charge >= 0.3 is 5.97 Å². The highest BCUT2D eigenvalue weighted by molar-refractivity contribution is 6.31. The van der Waals surface area contributed by atoms with Crippen LogP contribution in [0.3, 0.4) is 0 Å². The van der Waals surface area contributed by atoms with E-state index in [9.17, 15) is 14.0 Å². The lowest BCUT2D eigenvalue weighted by Gasteiger charge is -2.12. The molecule has 2 aromatic carbocycles. The molecule has 132 valence electrons. The molecule has 25 heavy (non-hydrogen) atoms. The van der Waals surface area contributed by atoms with Gasteiger partial charge in [-0.2, -0.15) is 0 Å². The maximum Gasteiger partial charge on any atom is 0.346 e. The minimum atomic E-state index is -0.776. The first-order chi connectivity index (χ1) is 12.0. The highest BCUT2D eigenvalue weighted by atomic mass is 35.5. The number of rotatable bonds is 6. The molecule has 1 N–H and O–H groups in total. The summed E-state index contributed by atoms with van der Waals surface area (Å²) >= 11 is 5.63. The zero-order valence-corrected chi connectivity index (χ0v) is 14.2. The van der Waals surface area contributed by atoms with Crippen LogP contribution in [0.2, 0.25) is 5.02 Å². The third-order valence-electron chi connectivity index (χ3n) is 3.17. The van der Waals surface area contributed by atoms with E-state index >= 15 is 0 Å². The molecule has 8 heteroatoms. The molecule has 0 aliphatic rings. The predicted molar refractivity (Wildman–Crippen MR) is 89.9 cm³/mol. The minimum absolute atomic E-state index is 0.0742. The van der Waals surface area contributed by atoms with Gasteiger partial charge in [0.2, 0.25) is 0 Å². The lowest BCUT2D eigenvalue weighted by atomic mass is 10.2. The normalized spacial score (nSPS) is 10.1. The van der Waals surface area contributed by atoms with Crippen molar-refractivity contribution in [3.05, 3.63) is 52.8 Å². The quantitative estimate of drug-likeness (QED) is 0.793. The molecule has 0 aliphatic heterocycles. The standard InChI is InChI=1S/C17H15ClFNO5/c1-23-13-4-3-5-14(24-2)16(13)17(22)25-9-15(21)20-10-6-7-12(19)11(18)8-10/h3-8H,9H2,1-2H3,(H,20,21). The van der Waals surface area contributed by atoms with Crippen LogP contribution in [0.15, 0.2) is 36.4 Å². The van der Waals surface area contributed by atoms with Crippen molar-refractivity contribution in [1.29, 1.82) is 0 Å². The predicted octanol–water partition coefficient (Wildman–Crippen LogP) is 3.29. The zero-order chi connectivity index (χ0) is 18.4. The summed E-state index contributed by atoms with van der Waals surface area (Å²) in [5, 5.41) is 2.31. The summed E-state index contributed by atoms with van der Waals surface area (Å²) in [5.41, 5.74) is 0.354. The van der Waals surface area contributed by atoms with Crippen molar-refractivity contribution in [2.75, 3.05) is 26.1 Å². The molecule has 2 rings (SSSR count). The van der Waals surface area contributed by atoms with Crippen molar-refractivity contribution < 1.29 is 28.2 Å². The van der Waals surface area contributed by atoms with Crippen molar-refractivity contribution in [1.82, 2.24) is 0 Å². The van der Waals surface area contributed by atoms with E-state index in [1.165, 1.54) is 26.4 Å². The molecule has 0 saturated heterocycles. The van der Waals surface area contributed by atoms with Gasteiger partial charge in [-0.3, -0.25) is 4.79 Å². The molecule has 0 bridgehead atoms. The van der Waals surface area contributed by atoms with Crippen molar-refractivity contribution in [2.45, 2.75) is 0 Å². The monoisotopic (exact) mass is 367 g/mol. The SMILES string of the molecule is COc1cccc(OC)c1C(=O)OCC(=O)Nc1ccc(F)c(Cl)c1. The summed E-state index contributed by atoms with van der Waals surface area (Å²) in [4.78, 5) is 24.1. The van der Waals surface area contributed by atoms with Crippen LogP contribution >= 0.6 is 11.6 Å². The maximum absolute atomic E-state index is 13.1. The zero-order valence-electron chi connectivity index (χ0n) is 13.5. The molecule has 6 nitrogen and oxygen atoms in total. The molecule has 0 heterocycles. The van der Waals surface area contributed by atoms with E-state index in [2.05, 4.69) is 5.32 Å². The van der Waals surface area contributed by atoms with Gasteiger partial charge in [0.05, 0.1) is 19.2 Å². The highest BCUT2D eigenvalue weighted by Gasteiger charge is 2.20. The number of methoxy groups -OCH3 is 2. The Kier molecular flexibility index (Phi) is 6.19. The number of esters is 1. The smallest absolute Gasteiger partial charge is 0.346 e.